The van der Waals surface area contributed by atoms with Gasteiger partial charge in [-0.2, -0.15) is 0 Å². The maximum absolute atomic E-state index is 12.1. The number of esters is 1. The van der Waals surface area contributed by atoms with Crippen molar-refractivity contribution in [3.8, 4) is 0 Å². The molecule has 3 atom stereocenters. The highest BCUT2D eigenvalue weighted by Gasteiger charge is 2.44. The number of nitrogens with one attached hydrogen (secondary N) is 1. The minimum atomic E-state index is -0.502. The standard InChI is InChI=1S/C15H28N2O3/c1-16-15(14(18)20-3)8-4-6-12(10-15)17-9-5-7-13(11-17)19-2/h12-13,16H,4-11H2,1-3H3. The highest BCUT2D eigenvalue weighted by atomic mass is 16.5. The van der Waals surface area contributed by atoms with Gasteiger partial charge in [-0.3, -0.25) is 9.69 Å². The van der Waals surface area contributed by atoms with E-state index in [1.165, 1.54) is 13.5 Å². The summed E-state index contributed by atoms with van der Waals surface area (Å²) in [7, 11) is 5.14. The number of hydrogen-bond donors (Lipinski definition) is 1. The zero-order chi connectivity index (χ0) is 14.6. The van der Waals surface area contributed by atoms with Crippen molar-refractivity contribution in [2.45, 2.75) is 56.2 Å². The van der Waals surface area contributed by atoms with Crippen LogP contribution in [-0.4, -0.2) is 62.9 Å². The van der Waals surface area contributed by atoms with Crippen LogP contribution in [0.5, 0.6) is 0 Å². The fourth-order valence-corrected chi connectivity index (χ4v) is 3.76. The molecule has 1 N–H and O–H groups in total. The molecule has 1 heterocycles. The molecule has 0 aromatic carbocycles. The van der Waals surface area contributed by atoms with Gasteiger partial charge in [-0.1, -0.05) is 0 Å². The smallest absolute Gasteiger partial charge is 0.326 e. The van der Waals surface area contributed by atoms with E-state index in [1.807, 2.05) is 7.05 Å². The third kappa shape index (κ3) is 3.15. The Balaban J connectivity index is 2.03. The van der Waals surface area contributed by atoms with Gasteiger partial charge in [-0.25, -0.2) is 0 Å². The van der Waals surface area contributed by atoms with Crippen LogP contribution in [0.3, 0.4) is 0 Å². The molecule has 1 saturated carbocycles. The van der Waals surface area contributed by atoms with Gasteiger partial charge < -0.3 is 14.8 Å². The number of piperidine rings is 1. The van der Waals surface area contributed by atoms with Gasteiger partial charge in [0.2, 0.25) is 0 Å². The molecule has 0 amide bonds. The van der Waals surface area contributed by atoms with Crippen LogP contribution in [0.25, 0.3) is 0 Å². The normalized spacial score (nSPS) is 35.8. The lowest BCUT2D eigenvalue weighted by atomic mass is 9.78. The summed E-state index contributed by atoms with van der Waals surface area (Å²) in [6, 6.07) is 0.452. The molecule has 2 rings (SSSR count). The number of rotatable bonds is 4. The molecule has 20 heavy (non-hydrogen) atoms. The fraction of sp³-hybridized carbons (Fsp3) is 0.933. The SMILES string of the molecule is CNC1(C(=O)OC)CCCC(N2CCCC(OC)C2)C1. The Labute approximate surface area is 122 Å². The van der Waals surface area contributed by atoms with Gasteiger partial charge in [-0.05, 0) is 52.1 Å². The van der Waals surface area contributed by atoms with E-state index in [1.54, 1.807) is 7.11 Å². The van der Waals surface area contributed by atoms with Crippen LogP contribution in [0.2, 0.25) is 0 Å². The Kier molecular flexibility index (Phi) is 5.41. The van der Waals surface area contributed by atoms with Gasteiger partial charge in [-0.15, -0.1) is 0 Å². The maximum Gasteiger partial charge on any atom is 0.326 e. The van der Waals surface area contributed by atoms with E-state index in [0.29, 0.717) is 12.1 Å². The van der Waals surface area contributed by atoms with Crippen molar-refractivity contribution in [3.63, 3.8) is 0 Å². The highest BCUT2D eigenvalue weighted by Crippen LogP contribution is 2.33. The predicted octanol–water partition coefficient (Wildman–Crippen LogP) is 1.17. The first-order valence-corrected chi connectivity index (χ1v) is 7.69. The molecular weight excluding hydrogens is 256 g/mol. The summed E-state index contributed by atoms with van der Waals surface area (Å²) in [6.45, 7) is 2.10. The van der Waals surface area contributed by atoms with Crippen molar-refractivity contribution >= 4 is 5.97 Å². The first-order valence-electron chi connectivity index (χ1n) is 7.69. The van der Waals surface area contributed by atoms with E-state index < -0.39 is 5.54 Å². The van der Waals surface area contributed by atoms with Crippen molar-refractivity contribution in [2.75, 3.05) is 34.4 Å². The number of ether oxygens (including phenoxy) is 2. The molecule has 1 saturated heterocycles. The Morgan fingerprint density at radius 2 is 2.10 bits per heavy atom. The van der Waals surface area contributed by atoms with Gasteiger partial charge >= 0.3 is 5.97 Å². The quantitative estimate of drug-likeness (QED) is 0.785. The van der Waals surface area contributed by atoms with Crippen molar-refractivity contribution in [1.29, 1.82) is 0 Å². The molecule has 0 aromatic rings. The number of carbonyl (C=O) groups excluding carboxylic acids is 1. The summed E-state index contributed by atoms with van der Waals surface area (Å²) in [5.74, 6) is -0.120. The summed E-state index contributed by atoms with van der Waals surface area (Å²) < 4.78 is 10.5. The fourth-order valence-electron chi connectivity index (χ4n) is 3.76. The van der Waals surface area contributed by atoms with Crippen LogP contribution >= 0.6 is 0 Å². The second-order valence-electron chi connectivity index (χ2n) is 6.07. The molecular formula is C15H28N2O3. The molecule has 3 unspecified atom stereocenters. The number of nitrogens with zero attached hydrogens (tertiary/aromatic N) is 1. The third-order valence-electron chi connectivity index (χ3n) is 5.04. The maximum atomic E-state index is 12.1. The molecule has 2 aliphatic rings. The van der Waals surface area contributed by atoms with Crippen molar-refractivity contribution in [1.82, 2.24) is 10.2 Å². The third-order valence-corrected chi connectivity index (χ3v) is 5.04. The average molecular weight is 284 g/mol. The van der Waals surface area contributed by atoms with E-state index in [-0.39, 0.29) is 5.97 Å². The molecule has 5 nitrogen and oxygen atoms in total. The second kappa shape index (κ2) is 6.87. The van der Waals surface area contributed by atoms with E-state index in [2.05, 4.69) is 10.2 Å². The monoisotopic (exact) mass is 284 g/mol. The van der Waals surface area contributed by atoms with E-state index in [0.717, 1.165) is 45.2 Å². The Morgan fingerprint density at radius 1 is 1.30 bits per heavy atom. The number of carbonyl (C=O) groups is 1. The summed E-state index contributed by atoms with van der Waals surface area (Å²) in [5, 5.41) is 3.23. The summed E-state index contributed by atoms with van der Waals surface area (Å²) in [5.41, 5.74) is -0.502. The lowest BCUT2D eigenvalue weighted by Gasteiger charge is -2.45. The number of likely N-dealkylation sites (tertiary alicyclic amines) is 1. The minimum absolute atomic E-state index is 0.120. The second-order valence-corrected chi connectivity index (χ2v) is 6.07. The summed E-state index contributed by atoms with van der Waals surface area (Å²) >= 11 is 0. The van der Waals surface area contributed by atoms with Crippen molar-refractivity contribution < 1.29 is 14.3 Å². The van der Waals surface area contributed by atoms with Crippen LogP contribution in [0.4, 0.5) is 0 Å². The van der Waals surface area contributed by atoms with Gasteiger partial charge in [0.1, 0.15) is 5.54 Å². The zero-order valence-corrected chi connectivity index (χ0v) is 13.0. The van der Waals surface area contributed by atoms with Crippen LogP contribution in [0, 0.1) is 0 Å². The molecule has 0 aromatic heterocycles. The van der Waals surface area contributed by atoms with Gasteiger partial charge in [0.15, 0.2) is 0 Å². The molecule has 1 aliphatic heterocycles. The number of hydrogen-bond acceptors (Lipinski definition) is 5. The summed E-state index contributed by atoms with van der Waals surface area (Å²) in [6.07, 6.45) is 6.60. The van der Waals surface area contributed by atoms with E-state index in [9.17, 15) is 4.79 Å². The first kappa shape index (κ1) is 15.7. The van der Waals surface area contributed by atoms with E-state index >= 15 is 0 Å². The molecule has 116 valence electrons. The molecule has 5 heteroatoms. The lowest BCUT2D eigenvalue weighted by Crippen LogP contribution is -2.58. The van der Waals surface area contributed by atoms with Crippen LogP contribution in [0.15, 0.2) is 0 Å². The van der Waals surface area contributed by atoms with Gasteiger partial charge in [0.05, 0.1) is 13.2 Å². The van der Waals surface area contributed by atoms with Crippen molar-refractivity contribution in [3.05, 3.63) is 0 Å². The molecule has 2 fully saturated rings. The molecule has 0 radical (unpaired) electrons. The van der Waals surface area contributed by atoms with E-state index in [4.69, 9.17) is 9.47 Å². The predicted molar refractivity (Wildman–Crippen MR) is 77.7 cm³/mol. The van der Waals surface area contributed by atoms with Gasteiger partial charge in [0, 0.05) is 19.7 Å². The Bertz CT molecular complexity index is 337. The lowest BCUT2D eigenvalue weighted by molar-refractivity contribution is -0.151. The van der Waals surface area contributed by atoms with Crippen molar-refractivity contribution in [2.24, 2.45) is 0 Å². The highest BCUT2D eigenvalue weighted by molar-refractivity contribution is 5.81. The van der Waals surface area contributed by atoms with Crippen LogP contribution in [0.1, 0.15) is 38.5 Å². The average Bonchev–Trinajstić information content (AvgIpc) is 2.54. The molecule has 1 aliphatic carbocycles. The molecule has 0 bridgehead atoms. The van der Waals surface area contributed by atoms with Crippen LogP contribution < -0.4 is 5.32 Å². The first-order chi connectivity index (χ1) is 9.65. The largest absolute Gasteiger partial charge is 0.468 e. The number of methoxy groups -OCH3 is 2. The van der Waals surface area contributed by atoms with Crippen LogP contribution in [-0.2, 0) is 14.3 Å². The topological polar surface area (TPSA) is 50.8 Å². The minimum Gasteiger partial charge on any atom is -0.468 e. The zero-order valence-electron chi connectivity index (χ0n) is 13.0. The Hall–Kier alpha value is -0.650. The number of likely N-dealkylation sites (N-methyl/N-ethyl adjacent to an activating group) is 1. The van der Waals surface area contributed by atoms with Gasteiger partial charge in [0.25, 0.3) is 0 Å². The summed E-state index contributed by atoms with van der Waals surface area (Å²) in [4.78, 5) is 14.6. The molecule has 0 spiro atoms. The Morgan fingerprint density at radius 3 is 2.75 bits per heavy atom.